The fourth-order valence-corrected chi connectivity index (χ4v) is 2.93. The summed E-state index contributed by atoms with van der Waals surface area (Å²) in [5, 5.41) is 0.832. The van der Waals surface area contributed by atoms with Gasteiger partial charge in [0, 0.05) is 22.2 Å². The van der Waals surface area contributed by atoms with Gasteiger partial charge in [-0.1, -0.05) is 18.2 Å². The molecule has 0 aliphatic rings. The molecule has 0 aliphatic carbocycles. The van der Waals surface area contributed by atoms with E-state index in [4.69, 9.17) is 9.47 Å². The molecule has 3 rings (SSSR count). The Morgan fingerprint density at radius 2 is 1.77 bits per heavy atom. The minimum absolute atomic E-state index is 0.223. The lowest BCUT2D eigenvalue weighted by atomic mass is 10.0. The zero-order valence-corrected chi connectivity index (χ0v) is 15.0. The number of rotatable bonds is 6. The number of carbonyl (C=O) groups is 2. The van der Waals surface area contributed by atoms with Crippen LogP contribution in [-0.4, -0.2) is 29.4 Å². The van der Waals surface area contributed by atoms with Crippen LogP contribution in [0.2, 0.25) is 0 Å². The molecule has 26 heavy (non-hydrogen) atoms. The molecule has 0 aliphatic heterocycles. The van der Waals surface area contributed by atoms with Crippen molar-refractivity contribution in [2.75, 3.05) is 6.61 Å². The van der Waals surface area contributed by atoms with Crippen LogP contribution in [-0.2, 0) is 4.74 Å². The third kappa shape index (κ3) is 3.47. The van der Waals surface area contributed by atoms with Crippen LogP contribution in [0.15, 0.2) is 48.5 Å². The Hall–Kier alpha value is -3.08. The number of esters is 1. The highest BCUT2D eigenvalue weighted by molar-refractivity contribution is 6.11. The van der Waals surface area contributed by atoms with Gasteiger partial charge in [-0.3, -0.25) is 4.79 Å². The summed E-state index contributed by atoms with van der Waals surface area (Å²) in [6.45, 7) is 5.88. The second kappa shape index (κ2) is 7.44. The molecule has 0 unspecified atom stereocenters. The van der Waals surface area contributed by atoms with Crippen LogP contribution in [0.1, 0.15) is 40.3 Å². The topological polar surface area (TPSA) is 68.4 Å². The van der Waals surface area contributed by atoms with Gasteiger partial charge in [0.05, 0.1) is 12.2 Å². The van der Waals surface area contributed by atoms with Crippen molar-refractivity contribution in [2.24, 2.45) is 0 Å². The third-order valence-corrected chi connectivity index (χ3v) is 4.19. The molecule has 0 saturated carbocycles. The number of ether oxygens (including phenoxy) is 2. The fourth-order valence-electron chi connectivity index (χ4n) is 2.93. The first-order valence-corrected chi connectivity index (χ1v) is 8.56. The largest absolute Gasteiger partial charge is 0.494 e. The molecular weight excluding hydrogens is 330 g/mol. The van der Waals surface area contributed by atoms with E-state index in [1.54, 1.807) is 31.2 Å². The van der Waals surface area contributed by atoms with Crippen LogP contribution in [0.4, 0.5) is 0 Å². The molecule has 0 spiro atoms. The average molecular weight is 351 g/mol. The third-order valence-electron chi connectivity index (χ3n) is 4.19. The lowest BCUT2D eigenvalue weighted by Crippen LogP contribution is -2.24. The number of H-pyrrole nitrogens is 1. The van der Waals surface area contributed by atoms with Gasteiger partial charge in [-0.05, 0) is 51.1 Å². The van der Waals surface area contributed by atoms with Crippen molar-refractivity contribution in [1.82, 2.24) is 4.98 Å². The molecular formula is C21H21NO4. The number of hydrogen-bond donors (Lipinski definition) is 1. The Morgan fingerprint density at radius 3 is 2.46 bits per heavy atom. The van der Waals surface area contributed by atoms with E-state index >= 15 is 0 Å². The molecule has 5 nitrogen and oxygen atoms in total. The number of aryl methyl sites for hydroxylation is 1. The predicted octanol–water partition coefficient (Wildman–Crippen LogP) is 4.30. The molecule has 0 radical (unpaired) electrons. The van der Waals surface area contributed by atoms with E-state index in [2.05, 4.69) is 4.98 Å². The summed E-state index contributed by atoms with van der Waals surface area (Å²) in [6, 6.07) is 14.2. The second-order valence-electron chi connectivity index (χ2n) is 6.04. The quantitative estimate of drug-likeness (QED) is 0.531. The lowest BCUT2D eigenvalue weighted by molar-refractivity contribution is 0.0319. The maximum Gasteiger partial charge on any atom is 0.338 e. The minimum atomic E-state index is -0.882. The Bertz CT molecular complexity index is 940. The van der Waals surface area contributed by atoms with Crippen molar-refractivity contribution >= 4 is 22.7 Å². The summed E-state index contributed by atoms with van der Waals surface area (Å²) in [4.78, 5) is 28.3. The average Bonchev–Trinajstić information content (AvgIpc) is 2.97. The lowest BCUT2D eigenvalue weighted by Gasteiger charge is -2.13. The zero-order chi connectivity index (χ0) is 18.7. The van der Waals surface area contributed by atoms with Gasteiger partial charge in [0.1, 0.15) is 5.75 Å². The normalized spacial score (nSPS) is 12.0. The van der Waals surface area contributed by atoms with Crippen LogP contribution in [0.25, 0.3) is 10.9 Å². The first-order valence-electron chi connectivity index (χ1n) is 8.56. The van der Waals surface area contributed by atoms with E-state index < -0.39 is 12.1 Å². The van der Waals surface area contributed by atoms with Crippen molar-refractivity contribution in [1.29, 1.82) is 0 Å². The molecule has 0 amide bonds. The molecule has 1 N–H and O–H groups in total. The van der Waals surface area contributed by atoms with Gasteiger partial charge in [0.2, 0.25) is 5.78 Å². The number of fused-ring (bicyclic) bond motifs is 1. The van der Waals surface area contributed by atoms with Gasteiger partial charge in [-0.15, -0.1) is 0 Å². The Morgan fingerprint density at radius 1 is 1.08 bits per heavy atom. The molecule has 0 saturated heterocycles. The first-order chi connectivity index (χ1) is 12.5. The van der Waals surface area contributed by atoms with Crippen LogP contribution < -0.4 is 4.74 Å². The van der Waals surface area contributed by atoms with E-state index in [9.17, 15) is 9.59 Å². The molecule has 134 valence electrons. The molecule has 1 heterocycles. The molecule has 1 atom stereocenters. The van der Waals surface area contributed by atoms with Gasteiger partial charge < -0.3 is 14.5 Å². The Balaban J connectivity index is 1.76. The van der Waals surface area contributed by atoms with Crippen molar-refractivity contribution in [3.05, 3.63) is 65.4 Å². The molecule has 0 fully saturated rings. The molecule has 5 heteroatoms. The van der Waals surface area contributed by atoms with Crippen molar-refractivity contribution in [3.8, 4) is 5.75 Å². The van der Waals surface area contributed by atoms with Crippen LogP contribution >= 0.6 is 0 Å². The van der Waals surface area contributed by atoms with Gasteiger partial charge in [0.15, 0.2) is 6.10 Å². The highest BCUT2D eigenvalue weighted by Crippen LogP contribution is 2.24. The number of para-hydroxylation sites is 1. The number of benzene rings is 2. The molecule has 1 aromatic heterocycles. The van der Waals surface area contributed by atoms with Crippen molar-refractivity contribution in [2.45, 2.75) is 26.9 Å². The second-order valence-corrected chi connectivity index (χ2v) is 6.04. The van der Waals surface area contributed by atoms with E-state index in [-0.39, 0.29) is 5.78 Å². The zero-order valence-electron chi connectivity index (χ0n) is 15.0. The number of aromatic amines is 1. The van der Waals surface area contributed by atoms with E-state index in [0.29, 0.717) is 23.5 Å². The van der Waals surface area contributed by atoms with Gasteiger partial charge in [-0.2, -0.15) is 0 Å². The van der Waals surface area contributed by atoms with Crippen molar-refractivity contribution < 1.29 is 19.1 Å². The minimum Gasteiger partial charge on any atom is -0.494 e. The number of Topliss-reactive ketones (excluding diaryl/α,β-unsaturated/α-hetero) is 1. The Kier molecular flexibility index (Phi) is 5.07. The number of carbonyl (C=O) groups excluding carboxylic acids is 2. The van der Waals surface area contributed by atoms with E-state index in [0.717, 1.165) is 16.6 Å². The molecule has 0 bridgehead atoms. The van der Waals surface area contributed by atoms with E-state index in [1.807, 2.05) is 38.1 Å². The summed E-state index contributed by atoms with van der Waals surface area (Å²) in [7, 11) is 0. The Labute approximate surface area is 151 Å². The molecule has 2 aromatic carbocycles. The standard InChI is InChI=1S/C21H21NO4/c1-4-25-16-11-9-15(10-12-16)21(24)26-14(3)20(23)19-13(2)22-18-8-6-5-7-17(18)19/h5-12,14,22H,4H2,1-3H3/t14-/m1/s1. The summed E-state index contributed by atoms with van der Waals surface area (Å²) in [5.74, 6) is -0.0757. The smallest absolute Gasteiger partial charge is 0.338 e. The predicted molar refractivity (Wildman–Crippen MR) is 99.9 cm³/mol. The van der Waals surface area contributed by atoms with Gasteiger partial charge in [0.25, 0.3) is 0 Å². The van der Waals surface area contributed by atoms with Crippen LogP contribution in [0.3, 0.4) is 0 Å². The van der Waals surface area contributed by atoms with E-state index in [1.165, 1.54) is 0 Å². The highest BCUT2D eigenvalue weighted by atomic mass is 16.5. The summed E-state index contributed by atoms with van der Waals surface area (Å²) in [5.41, 5.74) is 2.59. The van der Waals surface area contributed by atoms with Gasteiger partial charge >= 0.3 is 5.97 Å². The number of aromatic nitrogens is 1. The number of hydrogen-bond acceptors (Lipinski definition) is 4. The monoisotopic (exact) mass is 351 g/mol. The number of ketones is 1. The maximum atomic E-state index is 12.8. The molecule has 3 aromatic rings. The number of nitrogens with one attached hydrogen (secondary N) is 1. The van der Waals surface area contributed by atoms with Crippen LogP contribution in [0, 0.1) is 6.92 Å². The summed E-state index contributed by atoms with van der Waals surface area (Å²) >= 11 is 0. The van der Waals surface area contributed by atoms with Crippen molar-refractivity contribution in [3.63, 3.8) is 0 Å². The first kappa shape index (κ1) is 17.7. The fraction of sp³-hybridized carbons (Fsp3) is 0.238. The SMILES string of the molecule is CCOc1ccc(C(=O)O[C@H](C)C(=O)c2c(C)[nH]c3ccccc23)cc1. The summed E-state index contributed by atoms with van der Waals surface area (Å²) < 4.78 is 10.7. The van der Waals surface area contributed by atoms with Crippen LogP contribution in [0.5, 0.6) is 5.75 Å². The maximum absolute atomic E-state index is 12.8. The highest BCUT2D eigenvalue weighted by Gasteiger charge is 2.24. The summed E-state index contributed by atoms with van der Waals surface area (Å²) in [6.07, 6.45) is -0.882. The van der Waals surface area contributed by atoms with Gasteiger partial charge in [-0.25, -0.2) is 4.79 Å².